The monoisotopic (exact) mass is 909 g/mol. The summed E-state index contributed by atoms with van der Waals surface area (Å²) in [5, 5.41) is 16.3. The molecule has 16 heteroatoms. The number of carbonyl (C=O) groups is 6. The van der Waals surface area contributed by atoms with Crippen LogP contribution in [0.15, 0.2) is 100 Å². The van der Waals surface area contributed by atoms with Crippen molar-refractivity contribution in [1.82, 2.24) is 26.6 Å². The minimum atomic E-state index is -1.36. The SMILES string of the molecule is CCCC(=O)NC1(C(=O)N[C@H](Cc2ccccc2)C(=O)N[C@@H](CCCN=C(N)N)C(=O)NC(Cc2ccc3ccccc3c2)C(=O)NCCC(N)=O)CCc2c(Br)cccc2C1. The molecule has 62 heavy (non-hydrogen) atoms. The number of amides is 6. The number of primary amides is 1. The van der Waals surface area contributed by atoms with Crippen LogP contribution in [0.5, 0.6) is 0 Å². The van der Waals surface area contributed by atoms with E-state index in [2.05, 4.69) is 47.5 Å². The van der Waals surface area contributed by atoms with Gasteiger partial charge in [0.2, 0.25) is 35.4 Å². The zero-order valence-corrected chi connectivity index (χ0v) is 36.5. The van der Waals surface area contributed by atoms with Crippen molar-refractivity contribution in [2.75, 3.05) is 13.1 Å². The molecule has 2 unspecified atom stereocenters. The highest BCUT2D eigenvalue weighted by Crippen LogP contribution is 2.34. The fourth-order valence-electron chi connectivity index (χ4n) is 7.63. The third-order valence-corrected chi connectivity index (χ3v) is 11.6. The number of nitrogens with one attached hydrogen (secondary N) is 5. The van der Waals surface area contributed by atoms with E-state index in [1.807, 2.05) is 97.9 Å². The first-order chi connectivity index (χ1) is 29.8. The van der Waals surface area contributed by atoms with Crippen molar-refractivity contribution in [3.8, 4) is 0 Å². The molecule has 0 aromatic heterocycles. The number of hydrogen-bond donors (Lipinski definition) is 8. The summed E-state index contributed by atoms with van der Waals surface area (Å²) in [6.07, 6.45) is 2.18. The van der Waals surface area contributed by atoms with Crippen LogP contribution in [0.4, 0.5) is 0 Å². The van der Waals surface area contributed by atoms with Crippen LogP contribution in [0, 0.1) is 0 Å². The average molecular weight is 911 g/mol. The molecule has 6 amide bonds. The minimum Gasteiger partial charge on any atom is -0.370 e. The molecule has 1 aliphatic carbocycles. The van der Waals surface area contributed by atoms with Crippen LogP contribution in [0.3, 0.4) is 0 Å². The molecule has 0 saturated heterocycles. The van der Waals surface area contributed by atoms with E-state index in [4.69, 9.17) is 17.2 Å². The summed E-state index contributed by atoms with van der Waals surface area (Å²) in [5.74, 6) is -3.42. The smallest absolute Gasteiger partial charge is 0.246 e. The molecule has 328 valence electrons. The third-order valence-electron chi connectivity index (χ3n) is 10.8. The van der Waals surface area contributed by atoms with Gasteiger partial charge in [-0.15, -0.1) is 0 Å². The van der Waals surface area contributed by atoms with E-state index in [1.165, 1.54) is 0 Å². The van der Waals surface area contributed by atoms with Crippen molar-refractivity contribution in [2.45, 2.75) is 94.8 Å². The molecule has 15 nitrogen and oxygen atoms in total. The molecule has 1 aliphatic rings. The molecule has 4 aromatic rings. The molecule has 0 heterocycles. The zero-order chi connectivity index (χ0) is 44.6. The van der Waals surface area contributed by atoms with Crippen molar-refractivity contribution >= 4 is 68.1 Å². The van der Waals surface area contributed by atoms with Gasteiger partial charge < -0.3 is 43.8 Å². The van der Waals surface area contributed by atoms with Crippen LogP contribution in [-0.4, -0.2) is 78.2 Å². The standard InChI is InChI=1S/C46H56BrN9O6/c1-2-10-40(58)56-46(22-20-34-33(28-46)15-8-16-35(34)47)44(62)55-38(26-29-11-4-3-5-12-29)43(61)53-36(17-9-23-52-45(49)50)42(60)54-37(41(59)51-24-21-39(48)57)27-30-18-19-31-13-6-7-14-32(31)25-30/h3-8,11-16,18-19,25,36-38H,2,9-10,17,20-24,26-28H2,1H3,(H2,48,57)(H,51,59)(H,53,61)(H,54,60)(H,55,62)(H,56,58)(H4,49,50,52)/t36-,37?,38+,46?/m0/s1. The first-order valence-electron chi connectivity index (χ1n) is 20.9. The van der Waals surface area contributed by atoms with Gasteiger partial charge in [-0.1, -0.05) is 108 Å². The first-order valence-corrected chi connectivity index (χ1v) is 21.7. The van der Waals surface area contributed by atoms with Gasteiger partial charge in [-0.05, 0) is 71.2 Å². The normalized spacial score (nSPS) is 15.8. The summed E-state index contributed by atoms with van der Waals surface area (Å²) in [6.45, 7) is 1.99. The van der Waals surface area contributed by atoms with Gasteiger partial charge in [0, 0.05) is 49.7 Å². The van der Waals surface area contributed by atoms with Crippen molar-refractivity contribution in [2.24, 2.45) is 22.2 Å². The fraction of sp³-hybridized carbons (Fsp3) is 0.370. The Bertz CT molecular complexity index is 2270. The molecule has 0 aliphatic heterocycles. The first kappa shape index (κ1) is 46.8. The van der Waals surface area contributed by atoms with Gasteiger partial charge >= 0.3 is 0 Å². The van der Waals surface area contributed by atoms with E-state index in [-0.39, 0.29) is 69.9 Å². The fourth-order valence-corrected chi connectivity index (χ4v) is 8.24. The molecule has 4 aromatic carbocycles. The van der Waals surface area contributed by atoms with Crippen molar-refractivity contribution in [3.05, 3.63) is 118 Å². The van der Waals surface area contributed by atoms with Gasteiger partial charge in [0.1, 0.15) is 23.7 Å². The summed E-state index contributed by atoms with van der Waals surface area (Å²) in [5.41, 5.74) is 18.5. The van der Waals surface area contributed by atoms with Crippen LogP contribution in [0.1, 0.15) is 67.7 Å². The van der Waals surface area contributed by atoms with Crippen molar-refractivity contribution < 1.29 is 28.8 Å². The maximum absolute atomic E-state index is 14.6. The summed E-state index contributed by atoms with van der Waals surface area (Å²) in [4.78, 5) is 85.9. The van der Waals surface area contributed by atoms with Gasteiger partial charge in [-0.3, -0.25) is 33.8 Å². The molecular formula is C46H56BrN9O6. The Morgan fingerprint density at radius 2 is 1.42 bits per heavy atom. The highest BCUT2D eigenvalue weighted by molar-refractivity contribution is 9.10. The lowest BCUT2D eigenvalue weighted by atomic mass is 9.77. The number of halogens is 1. The highest BCUT2D eigenvalue weighted by Gasteiger charge is 2.44. The summed E-state index contributed by atoms with van der Waals surface area (Å²) in [7, 11) is 0. The Hall–Kier alpha value is -6.29. The topological polar surface area (TPSA) is 253 Å². The minimum absolute atomic E-state index is 0.0406. The Balaban J connectivity index is 1.43. The van der Waals surface area contributed by atoms with Crippen LogP contribution in [0.25, 0.3) is 10.8 Å². The maximum atomic E-state index is 14.6. The lowest BCUT2D eigenvalue weighted by Gasteiger charge is -2.39. The van der Waals surface area contributed by atoms with Gasteiger partial charge in [0.15, 0.2) is 5.96 Å². The second-order valence-corrected chi connectivity index (χ2v) is 16.5. The van der Waals surface area contributed by atoms with Crippen LogP contribution in [0.2, 0.25) is 0 Å². The number of rotatable bonds is 21. The van der Waals surface area contributed by atoms with E-state index in [1.54, 1.807) is 0 Å². The van der Waals surface area contributed by atoms with Crippen LogP contribution >= 0.6 is 15.9 Å². The number of carbonyl (C=O) groups excluding carboxylic acids is 6. The molecule has 0 spiro atoms. The summed E-state index contributed by atoms with van der Waals surface area (Å²) >= 11 is 3.62. The van der Waals surface area contributed by atoms with Crippen molar-refractivity contribution in [1.29, 1.82) is 0 Å². The molecule has 0 bridgehead atoms. The van der Waals surface area contributed by atoms with E-state index in [0.29, 0.717) is 19.3 Å². The molecule has 5 rings (SSSR count). The lowest BCUT2D eigenvalue weighted by molar-refractivity contribution is -0.137. The predicted molar refractivity (Wildman–Crippen MR) is 242 cm³/mol. The largest absolute Gasteiger partial charge is 0.370 e. The van der Waals surface area contributed by atoms with E-state index in [0.717, 1.165) is 37.5 Å². The number of nitrogens with two attached hydrogens (primary N) is 3. The zero-order valence-electron chi connectivity index (χ0n) is 34.9. The van der Waals surface area contributed by atoms with Crippen molar-refractivity contribution in [3.63, 3.8) is 0 Å². The second-order valence-electron chi connectivity index (χ2n) is 15.6. The Morgan fingerprint density at radius 1 is 0.742 bits per heavy atom. The van der Waals surface area contributed by atoms with Gasteiger partial charge in [0.05, 0.1) is 0 Å². The van der Waals surface area contributed by atoms with Crippen LogP contribution < -0.4 is 43.8 Å². The Labute approximate surface area is 369 Å². The van der Waals surface area contributed by atoms with E-state index in [9.17, 15) is 28.8 Å². The average Bonchev–Trinajstić information content (AvgIpc) is 3.24. The number of fused-ring (bicyclic) bond motifs is 2. The maximum Gasteiger partial charge on any atom is 0.246 e. The number of benzene rings is 4. The lowest BCUT2D eigenvalue weighted by Crippen LogP contribution is -2.65. The summed E-state index contributed by atoms with van der Waals surface area (Å²) in [6, 6.07) is 24.8. The molecule has 4 atom stereocenters. The number of hydrogen-bond acceptors (Lipinski definition) is 7. The number of aliphatic imine (C=N–C) groups is 1. The number of guanidine groups is 1. The van der Waals surface area contributed by atoms with Gasteiger partial charge in [-0.2, -0.15) is 0 Å². The molecule has 0 radical (unpaired) electrons. The number of nitrogens with zero attached hydrogens (tertiary/aromatic N) is 1. The van der Waals surface area contributed by atoms with Gasteiger partial charge in [0.25, 0.3) is 0 Å². The molecule has 0 saturated carbocycles. The second kappa shape index (κ2) is 22.5. The van der Waals surface area contributed by atoms with E-state index >= 15 is 0 Å². The third kappa shape index (κ3) is 13.4. The Morgan fingerprint density at radius 3 is 2.15 bits per heavy atom. The quantitative estimate of drug-likeness (QED) is 0.0350. The van der Waals surface area contributed by atoms with Gasteiger partial charge in [-0.25, -0.2) is 0 Å². The summed E-state index contributed by atoms with van der Waals surface area (Å²) < 4.78 is 0.914. The van der Waals surface area contributed by atoms with E-state index < -0.39 is 53.2 Å². The van der Waals surface area contributed by atoms with Crippen LogP contribution in [-0.2, 0) is 54.5 Å². The Kier molecular flexibility index (Phi) is 17.0. The predicted octanol–water partition coefficient (Wildman–Crippen LogP) is 2.73. The molecule has 0 fully saturated rings. The molecular weight excluding hydrogens is 854 g/mol. The highest BCUT2D eigenvalue weighted by atomic mass is 79.9. The molecule has 11 N–H and O–H groups in total.